The molecule has 0 aromatic heterocycles. The molecule has 0 amide bonds. The van der Waals surface area contributed by atoms with Crippen molar-refractivity contribution in [3.8, 4) is 0 Å². The van der Waals surface area contributed by atoms with Gasteiger partial charge in [-0.25, -0.2) is 0 Å². The second kappa shape index (κ2) is 1.00. The van der Waals surface area contributed by atoms with Crippen LogP contribution in [-0.2, 0) is 0 Å². The van der Waals surface area contributed by atoms with E-state index in [1.54, 1.807) is 0 Å². The van der Waals surface area contributed by atoms with Gasteiger partial charge in [0.25, 0.3) is 0 Å². The topological polar surface area (TPSA) is 3.01 Å². The lowest BCUT2D eigenvalue weighted by Crippen LogP contribution is -1.75. The van der Waals surface area contributed by atoms with E-state index >= 15 is 0 Å². The fraction of sp³-hybridized carbons (Fsp3) is 0.600. The van der Waals surface area contributed by atoms with Gasteiger partial charge in [-0.05, 0) is 6.92 Å². The van der Waals surface area contributed by atoms with Gasteiger partial charge in [-0.2, -0.15) is 0 Å². The van der Waals surface area contributed by atoms with Crippen LogP contribution in [0.15, 0.2) is 11.8 Å². The monoisotopic (exact) mass is 83.1 g/mol. The maximum Gasteiger partial charge on any atom is 0.0569 e. The van der Waals surface area contributed by atoms with Crippen LogP contribution in [-0.4, -0.2) is 18.5 Å². The van der Waals surface area contributed by atoms with Gasteiger partial charge >= 0.3 is 0 Å². The molecule has 0 unspecified atom stereocenters. The van der Waals surface area contributed by atoms with Gasteiger partial charge in [-0.1, -0.05) is 6.08 Å². The van der Waals surface area contributed by atoms with Gasteiger partial charge in [0.15, 0.2) is 0 Å². The Kier molecular flexibility index (Phi) is 0.621. The largest absolute Gasteiger partial charge is 0.371 e. The average molecular weight is 83.1 g/mol. The van der Waals surface area contributed by atoms with Gasteiger partial charge in [0.05, 0.1) is 6.54 Å². The molecule has 1 fully saturated rings. The van der Waals surface area contributed by atoms with E-state index in [0.29, 0.717) is 0 Å². The van der Waals surface area contributed by atoms with E-state index in [1.807, 2.05) is 0 Å². The Balaban J connectivity index is 2.44. The fourth-order valence-corrected chi connectivity index (χ4v) is 0.519. The van der Waals surface area contributed by atoms with Crippen molar-refractivity contribution in [2.45, 2.75) is 6.92 Å². The second-order valence-electron chi connectivity index (χ2n) is 1.64. The summed E-state index contributed by atoms with van der Waals surface area (Å²) < 4.78 is 0. The lowest BCUT2D eigenvalue weighted by Gasteiger charge is -1.75. The molecular formula is C5H9N. The molecule has 0 aliphatic carbocycles. The van der Waals surface area contributed by atoms with Gasteiger partial charge in [0.2, 0.25) is 0 Å². The molecule has 1 heterocycles. The van der Waals surface area contributed by atoms with E-state index in [1.165, 1.54) is 12.2 Å². The molecule has 0 saturated carbocycles. The first-order chi connectivity index (χ1) is 2.84. The standard InChI is InChI=1S/C5H9N/c1-3-5-4-6(5)2/h3H,4H2,1-2H3/b5-3+. The maximum atomic E-state index is 2.21. The molecule has 1 nitrogen and oxygen atoms in total. The maximum absolute atomic E-state index is 2.21. The first kappa shape index (κ1) is 3.72. The molecule has 1 saturated heterocycles. The molecule has 1 heteroatoms. The summed E-state index contributed by atoms with van der Waals surface area (Å²) in [6.45, 7) is 3.26. The molecule has 0 N–H and O–H groups in total. The Morgan fingerprint density at radius 3 is 2.33 bits per heavy atom. The molecule has 0 bridgehead atoms. The quantitative estimate of drug-likeness (QED) is 0.392. The summed E-state index contributed by atoms with van der Waals surface area (Å²) in [6, 6.07) is 0. The molecule has 0 aromatic rings. The van der Waals surface area contributed by atoms with E-state index in [0.717, 1.165) is 0 Å². The van der Waals surface area contributed by atoms with Gasteiger partial charge in [-0.3, -0.25) is 0 Å². The summed E-state index contributed by atoms with van der Waals surface area (Å²) in [7, 11) is 2.09. The first-order valence-electron chi connectivity index (χ1n) is 2.21. The van der Waals surface area contributed by atoms with Crippen molar-refractivity contribution in [3.63, 3.8) is 0 Å². The van der Waals surface area contributed by atoms with Crippen LogP contribution in [0.25, 0.3) is 0 Å². The lowest BCUT2D eigenvalue weighted by molar-refractivity contribution is 0.728. The van der Waals surface area contributed by atoms with Crippen molar-refractivity contribution in [2.24, 2.45) is 0 Å². The molecule has 1 rings (SSSR count). The highest BCUT2D eigenvalue weighted by Gasteiger charge is 2.16. The predicted octanol–water partition coefficient (Wildman–Crippen LogP) is 0.836. The molecule has 1 aliphatic heterocycles. The number of hydrogen-bond donors (Lipinski definition) is 0. The third-order valence-corrected chi connectivity index (χ3v) is 1.12. The van der Waals surface area contributed by atoms with Gasteiger partial charge in [0, 0.05) is 12.7 Å². The summed E-state index contributed by atoms with van der Waals surface area (Å²) in [4.78, 5) is 2.21. The summed E-state index contributed by atoms with van der Waals surface area (Å²) in [5.74, 6) is 0. The number of hydrogen-bond acceptors (Lipinski definition) is 1. The Morgan fingerprint density at radius 1 is 1.83 bits per heavy atom. The van der Waals surface area contributed by atoms with Crippen molar-refractivity contribution < 1.29 is 0 Å². The molecule has 0 radical (unpaired) electrons. The van der Waals surface area contributed by atoms with Crippen LogP contribution in [0.3, 0.4) is 0 Å². The minimum Gasteiger partial charge on any atom is -0.371 e. The summed E-state index contributed by atoms with van der Waals surface area (Å²) >= 11 is 0. The van der Waals surface area contributed by atoms with E-state index < -0.39 is 0 Å². The Morgan fingerprint density at radius 2 is 2.33 bits per heavy atom. The van der Waals surface area contributed by atoms with Gasteiger partial charge in [0.1, 0.15) is 0 Å². The number of allylic oxidation sites excluding steroid dienone is 1. The minimum absolute atomic E-state index is 1.19. The lowest BCUT2D eigenvalue weighted by atomic mass is 10.6. The van der Waals surface area contributed by atoms with Crippen molar-refractivity contribution in [1.29, 1.82) is 0 Å². The Hall–Kier alpha value is -0.460. The normalized spacial score (nSPS) is 25.7. The van der Waals surface area contributed by atoms with Crippen molar-refractivity contribution in [3.05, 3.63) is 11.8 Å². The molecular weight excluding hydrogens is 74.1 g/mol. The summed E-state index contributed by atoms with van der Waals surface area (Å²) in [5.41, 5.74) is 1.47. The summed E-state index contributed by atoms with van der Waals surface area (Å²) in [6.07, 6.45) is 2.14. The Labute approximate surface area is 38.3 Å². The third-order valence-electron chi connectivity index (χ3n) is 1.12. The average Bonchev–Trinajstić information content (AvgIpc) is 2.19. The molecule has 34 valence electrons. The van der Waals surface area contributed by atoms with E-state index in [9.17, 15) is 0 Å². The van der Waals surface area contributed by atoms with Crippen molar-refractivity contribution in [1.82, 2.24) is 4.90 Å². The van der Waals surface area contributed by atoms with Crippen LogP contribution in [0.1, 0.15) is 6.92 Å². The van der Waals surface area contributed by atoms with Gasteiger partial charge < -0.3 is 4.90 Å². The van der Waals surface area contributed by atoms with Crippen LogP contribution < -0.4 is 0 Å². The van der Waals surface area contributed by atoms with E-state index in [4.69, 9.17) is 0 Å². The van der Waals surface area contributed by atoms with Gasteiger partial charge in [-0.15, -0.1) is 0 Å². The zero-order valence-electron chi connectivity index (χ0n) is 4.23. The molecule has 0 aromatic carbocycles. The number of nitrogens with zero attached hydrogens (tertiary/aromatic N) is 1. The van der Waals surface area contributed by atoms with Crippen LogP contribution in [0.2, 0.25) is 0 Å². The number of rotatable bonds is 0. The first-order valence-corrected chi connectivity index (χ1v) is 2.21. The predicted molar refractivity (Wildman–Crippen MR) is 26.4 cm³/mol. The Bertz CT molecular complexity index is 83.9. The van der Waals surface area contributed by atoms with Crippen LogP contribution >= 0.6 is 0 Å². The summed E-state index contributed by atoms with van der Waals surface area (Å²) in [5, 5.41) is 0. The van der Waals surface area contributed by atoms with Crippen molar-refractivity contribution >= 4 is 0 Å². The highest BCUT2D eigenvalue weighted by molar-refractivity contribution is 5.15. The van der Waals surface area contributed by atoms with Crippen LogP contribution in [0.4, 0.5) is 0 Å². The zero-order valence-corrected chi connectivity index (χ0v) is 4.23. The number of likely N-dealkylation sites (N-methyl/N-ethyl adjacent to an activating group) is 1. The highest BCUT2D eigenvalue weighted by Crippen LogP contribution is 2.16. The third kappa shape index (κ3) is 0.402. The highest BCUT2D eigenvalue weighted by atomic mass is 15.2. The molecule has 6 heavy (non-hydrogen) atoms. The van der Waals surface area contributed by atoms with Crippen LogP contribution in [0, 0.1) is 0 Å². The minimum atomic E-state index is 1.19. The SMILES string of the molecule is C/C=C1\CN1C. The molecule has 1 aliphatic rings. The van der Waals surface area contributed by atoms with E-state index in [-0.39, 0.29) is 0 Å². The van der Waals surface area contributed by atoms with E-state index in [2.05, 4.69) is 24.9 Å². The molecule has 0 atom stereocenters. The zero-order chi connectivity index (χ0) is 4.57. The molecule has 0 spiro atoms. The van der Waals surface area contributed by atoms with Crippen LogP contribution in [0.5, 0.6) is 0 Å². The van der Waals surface area contributed by atoms with Crippen molar-refractivity contribution in [2.75, 3.05) is 13.6 Å². The fourth-order valence-electron chi connectivity index (χ4n) is 0.519. The second-order valence-corrected chi connectivity index (χ2v) is 1.64. The smallest absolute Gasteiger partial charge is 0.0569 e.